The van der Waals surface area contributed by atoms with E-state index in [0.717, 1.165) is 16.8 Å². The molecular weight excluding hydrogens is 610 g/mol. The lowest BCUT2D eigenvalue weighted by molar-refractivity contribution is -0.144. The summed E-state index contributed by atoms with van der Waals surface area (Å²) in [5.74, 6) is -2.59. The Kier molecular flexibility index (Phi) is 8.97. The molecule has 3 heterocycles. The number of benzene rings is 2. The van der Waals surface area contributed by atoms with Crippen LogP contribution in [0, 0.1) is 25.7 Å². The van der Waals surface area contributed by atoms with Gasteiger partial charge in [0, 0.05) is 29.3 Å². The van der Waals surface area contributed by atoms with E-state index >= 15 is 0 Å². The van der Waals surface area contributed by atoms with Gasteiger partial charge in [0.15, 0.2) is 0 Å². The van der Waals surface area contributed by atoms with Gasteiger partial charge in [0.25, 0.3) is 5.91 Å². The van der Waals surface area contributed by atoms with Crippen molar-refractivity contribution in [1.82, 2.24) is 4.90 Å². The maximum atomic E-state index is 14.9. The summed E-state index contributed by atoms with van der Waals surface area (Å²) in [7, 11) is 0. The normalized spacial score (nSPS) is 28.0. The second-order valence-corrected chi connectivity index (χ2v) is 12.9. The molecule has 1 spiro atoms. The number of aliphatic hydroxyl groups excluding tert-OH is 1. The van der Waals surface area contributed by atoms with Crippen LogP contribution < -0.4 is 9.80 Å². The van der Waals surface area contributed by atoms with Crippen LogP contribution in [0.15, 0.2) is 73.8 Å². The van der Waals surface area contributed by atoms with Crippen LogP contribution in [0.1, 0.15) is 30.9 Å². The molecule has 7 atom stereocenters. The molecule has 3 fully saturated rings. The minimum atomic E-state index is -1.25. The summed E-state index contributed by atoms with van der Waals surface area (Å²) < 4.78 is 6.75. The van der Waals surface area contributed by atoms with Crippen molar-refractivity contribution in [3.05, 3.63) is 85.0 Å². The third kappa shape index (κ3) is 4.95. The maximum Gasteiger partial charge on any atom is 0.253 e. The standard InChI is InChI=1S/C34H40BrN3O5/c1-6-17-36(24-15-10-9-11-16-24)31(40)26-27-32(41)38(23(8-3)20-39)30(34(27)19-25(35)29(26)43-34)33(42)37(18-7-2)28-21(4)13-12-14-22(28)5/h6-7,9-16,23,25-27,29-30,39H,1-2,8,17-20H2,3-5H3/t23-,25?,26-,27-,29-,30?,34?/m0/s1. The average Bonchev–Trinajstić information content (AvgIpc) is 3.59. The van der Waals surface area contributed by atoms with Gasteiger partial charge < -0.3 is 24.5 Å². The first-order valence-corrected chi connectivity index (χ1v) is 15.8. The molecule has 3 amide bonds. The van der Waals surface area contributed by atoms with E-state index in [0.29, 0.717) is 18.5 Å². The van der Waals surface area contributed by atoms with Gasteiger partial charge in [-0.2, -0.15) is 0 Å². The molecular formula is C34H40BrN3O5. The summed E-state index contributed by atoms with van der Waals surface area (Å²) in [6.45, 7) is 13.7. The summed E-state index contributed by atoms with van der Waals surface area (Å²) in [5, 5.41) is 10.4. The second kappa shape index (κ2) is 12.4. The molecule has 3 aliphatic rings. The molecule has 8 nitrogen and oxygen atoms in total. The zero-order chi connectivity index (χ0) is 31.1. The number of nitrogens with zero attached hydrogens (tertiary/aromatic N) is 3. The number of hydrogen-bond acceptors (Lipinski definition) is 5. The Bertz CT molecular complexity index is 1390. The molecule has 2 aromatic rings. The Labute approximate surface area is 262 Å². The quantitative estimate of drug-likeness (QED) is 0.285. The van der Waals surface area contributed by atoms with Crippen LogP contribution in [0.3, 0.4) is 0 Å². The highest BCUT2D eigenvalue weighted by molar-refractivity contribution is 9.09. The zero-order valence-corrected chi connectivity index (χ0v) is 26.6. The maximum absolute atomic E-state index is 14.9. The van der Waals surface area contributed by atoms with E-state index in [1.807, 2.05) is 69.3 Å². The van der Waals surface area contributed by atoms with E-state index < -0.39 is 35.6 Å². The largest absolute Gasteiger partial charge is 0.394 e. The molecule has 0 aliphatic carbocycles. The molecule has 0 saturated carbocycles. The van der Waals surface area contributed by atoms with Crippen LogP contribution in [0.5, 0.6) is 0 Å². The summed E-state index contributed by atoms with van der Waals surface area (Å²) in [6, 6.07) is 13.5. The molecule has 0 radical (unpaired) electrons. The van der Waals surface area contributed by atoms with E-state index in [9.17, 15) is 19.5 Å². The number of rotatable bonds is 11. The highest BCUT2D eigenvalue weighted by Gasteiger charge is 2.77. The number of alkyl halides is 1. The van der Waals surface area contributed by atoms with Gasteiger partial charge in [0.1, 0.15) is 11.6 Å². The van der Waals surface area contributed by atoms with Crippen molar-refractivity contribution < 1.29 is 24.2 Å². The van der Waals surface area contributed by atoms with Crippen LogP contribution in [-0.2, 0) is 19.1 Å². The molecule has 3 aliphatic heterocycles. The lowest BCUT2D eigenvalue weighted by Gasteiger charge is -2.39. The number of halogens is 1. The van der Waals surface area contributed by atoms with Gasteiger partial charge in [0.05, 0.1) is 30.6 Å². The Morgan fingerprint density at radius 2 is 1.70 bits per heavy atom. The topological polar surface area (TPSA) is 90.4 Å². The predicted molar refractivity (Wildman–Crippen MR) is 171 cm³/mol. The molecule has 1 N–H and O–H groups in total. The zero-order valence-electron chi connectivity index (χ0n) is 25.0. The van der Waals surface area contributed by atoms with Gasteiger partial charge in [-0.15, -0.1) is 13.2 Å². The smallest absolute Gasteiger partial charge is 0.253 e. The molecule has 2 bridgehead atoms. The third-order valence-corrected chi connectivity index (χ3v) is 10.1. The average molecular weight is 651 g/mol. The Morgan fingerprint density at radius 3 is 2.28 bits per heavy atom. The number of carbonyl (C=O) groups excluding carboxylic acids is 3. The van der Waals surface area contributed by atoms with Gasteiger partial charge in [-0.1, -0.05) is 71.4 Å². The summed E-state index contributed by atoms with van der Waals surface area (Å²) >= 11 is 3.77. The van der Waals surface area contributed by atoms with E-state index in [-0.39, 0.29) is 42.2 Å². The number of carbonyl (C=O) groups is 3. The van der Waals surface area contributed by atoms with Gasteiger partial charge in [-0.3, -0.25) is 14.4 Å². The summed E-state index contributed by atoms with van der Waals surface area (Å²) in [6.07, 6.45) is 3.55. The lowest BCUT2D eigenvalue weighted by atomic mass is 9.70. The van der Waals surface area contributed by atoms with Crippen molar-refractivity contribution in [3.8, 4) is 0 Å². The van der Waals surface area contributed by atoms with Gasteiger partial charge >= 0.3 is 0 Å². The number of amides is 3. The van der Waals surface area contributed by atoms with Crippen LogP contribution in [0.2, 0.25) is 0 Å². The molecule has 3 saturated heterocycles. The van der Waals surface area contributed by atoms with Crippen LogP contribution in [-0.4, -0.2) is 76.0 Å². The van der Waals surface area contributed by atoms with Gasteiger partial charge in [0.2, 0.25) is 11.8 Å². The number of ether oxygens (including phenoxy) is 1. The lowest BCUT2D eigenvalue weighted by Crippen LogP contribution is -2.59. The van der Waals surface area contributed by atoms with E-state index in [1.54, 1.807) is 22.0 Å². The number of hydrogen-bond donors (Lipinski definition) is 1. The van der Waals surface area contributed by atoms with E-state index in [2.05, 4.69) is 29.1 Å². The monoisotopic (exact) mass is 649 g/mol. The number of likely N-dealkylation sites (tertiary alicyclic amines) is 1. The van der Waals surface area contributed by atoms with Crippen molar-refractivity contribution in [2.24, 2.45) is 11.8 Å². The SMILES string of the molecule is C=CCN(C(=O)[C@H]1[C@H]2C(=O)N([C@@H](CC)CO)C(C(=O)N(CC=C)c3c(C)cccc3C)C23CC(Br)[C@@H]1O3)c1ccccc1. The highest BCUT2D eigenvalue weighted by Crippen LogP contribution is 2.61. The van der Waals surface area contributed by atoms with Crippen LogP contribution >= 0.6 is 15.9 Å². The van der Waals surface area contributed by atoms with Crippen LogP contribution in [0.25, 0.3) is 0 Å². The molecule has 9 heteroatoms. The van der Waals surface area contributed by atoms with Gasteiger partial charge in [-0.25, -0.2) is 0 Å². The van der Waals surface area contributed by atoms with E-state index in [1.165, 1.54) is 4.90 Å². The fraction of sp³-hybridized carbons (Fsp3) is 0.441. The minimum Gasteiger partial charge on any atom is -0.394 e. The summed E-state index contributed by atoms with van der Waals surface area (Å²) in [5.41, 5.74) is 2.04. The fourth-order valence-corrected chi connectivity index (χ4v) is 8.42. The third-order valence-electron chi connectivity index (χ3n) is 9.25. The first-order chi connectivity index (χ1) is 20.7. The van der Waals surface area contributed by atoms with Crippen molar-refractivity contribution in [1.29, 1.82) is 0 Å². The Hall–Kier alpha value is -3.27. The molecule has 228 valence electrons. The molecule has 2 aromatic carbocycles. The molecule has 0 aromatic heterocycles. The number of aliphatic hydroxyl groups is 1. The first kappa shape index (κ1) is 31.2. The second-order valence-electron chi connectivity index (χ2n) is 11.7. The molecule has 43 heavy (non-hydrogen) atoms. The predicted octanol–water partition coefficient (Wildman–Crippen LogP) is 4.56. The molecule has 5 rings (SSSR count). The van der Waals surface area contributed by atoms with Crippen molar-refractivity contribution in [2.45, 2.75) is 62.2 Å². The minimum absolute atomic E-state index is 0.227. The number of fused-ring (bicyclic) bond motifs is 1. The fourth-order valence-electron chi connectivity index (χ4n) is 7.48. The number of aryl methyl sites for hydroxylation is 2. The Balaban J connectivity index is 1.64. The first-order valence-electron chi connectivity index (χ1n) is 14.9. The number of anilines is 2. The number of para-hydroxylation sites is 2. The van der Waals surface area contributed by atoms with Crippen molar-refractivity contribution in [2.75, 3.05) is 29.5 Å². The van der Waals surface area contributed by atoms with E-state index in [4.69, 9.17) is 4.74 Å². The van der Waals surface area contributed by atoms with Crippen LogP contribution in [0.4, 0.5) is 11.4 Å². The Morgan fingerprint density at radius 1 is 1.07 bits per heavy atom. The van der Waals surface area contributed by atoms with Gasteiger partial charge in [-0.05, 0) is 49.9 Å². The highest BCUT2D eigenvalue weighted by atomic mass is 79.9. The summed E-state index contributed by atoms with van der Waals surface area (Å²) in [4.78, 5) is 48.5. The van der Waals surface area contributed by atoms with Crippen molar-refractivity contribution >= 4 is 45.0 Å². The molecule has 3 unspecified atom stereocenters. The van der Waals surface area contributed by atoms with Crippen molar-refractivity contribution in [3.63, 3.8) is 0 Å².